The molecule has 0 nitrogen and oxygen atoms in total. The van der Waals surface area contributed by atoms with Crippen LogP contribution in [-0.2, 0) is 0 Å². The number of benzene rings is 1. The van der Waals surface area contributed by atoms with Gasteiger partial charge in [0.15, 0.2) is 0 Å². The van der Waals surface area contributed by atoms with Gasteiger partial charge in [-0.15, -0.1) is 11.3 Å². The molecule has 1 aromatic carbocycles. The number of thiophene rings is 1. The zero-order chi connectivity index (χ0) is 11.1. The SMILES string of the molecule is Cc1ccc2c(C3CCCC3)c(Br)sc2c1. The molecule has 3 rings (SSSR count). The van der Waals surface area contributed by atoms with E-state index in [9.17, 15) is 0 Å². The van der Waals surface area contributed by atoms with Crippen molar-refractivity contribution >= 4 is 37.4 Å². The maximum Gasteiger partial charge on any atom is 0.0745 e. The van der Waals surface area contributed by atoms with Crippen LogP contribution in [0.5, 0.6) is 0 Å². The van der Waals surface area contributed by atoms with E-state index >= 15 is 0 Å². The lowest BCUT2D eigenvalue weighted by atomic mass is 9.97. The smallest absolute Gasteiger partial charge is 0.0745 e. The molecule has 84 valence electrons. The molecule has 0 saturated heterocycles. The summed E-state index contributed by atoms with van der Waals surface area (Å²) in [5, 5.41) is 1.48. The Kier molecular flexibility index (Phi) is 2.80. The summed E-state index contributed by atoms with van der Waals surface area (Å²) in [6.45, 7) is 2.17. The van der Waals surface area contributed by atoms with Gasteiger partial charge in [0.25, 0.3) is 0 Å². The fraction of sp³-hybridized carbons (Fsp3) is 0.429. The standard InChI is InChI=1S/C14H15BrS/c1-9-6-7-11-12(8-9)16-14(15)13(11)10-4-2-3-5-10/h6-8,10H,2-5H2,1H3. The highest BCUT2D eigenvalue weighted by Gasteiger charge is 2.23. The molecule has 16 heavy (non-hydrogen) atoms. The largest absolute Gasteiger partial charge is 0.128 e. The van der Waals surface area contributed by atoms with Gasteiger partial charge in [0.1, 0.15) is 0 Å². The molecule has 1 aliphatic carbocycles. The number of halogens is 1. The predicted octanol–water partition coefficient (Wildman–Crippen LogP) is 5.63. The molecule has 0 bridgehead atoms. The van der Waals surface area contributed by atoms with Crippen molar-refractivity contribution in [2.45, 2.75) is 38.5 Å². The van der Waals surface area contributed by atoms with E-state index in [0.29, 0.717) is 0 Å². The maximum absolute atomic E-state index is 3.76. The van der Waals surface area contributed by atoms with Crippen molar-refractivity contribution in [1.82, 2.24) is 0 Å². The van der Waals surface area contributed by atoms with Crippen LogP contribution in [0.15, 0.2) is 22.0 Å². The Morgan fingerprint density at radius 1 is 1.25 bits per heavy atom. The van der Waals surface area contributed by atoms with E-state index in [1.807, 2.05) is 11.3 Å². The van der Waals surface area contributed by atoms with Crippen LogP contribution in [0.25, 0.3) is 10.1 Å². The Hall–Kier alpha value is -0.340. The van der Waals surface area contributed by atoms with E-state index in [2.05, 4.69) is 41.1 Å². The van der Waals surface area contributed by atoms with Crippen LogP contribution in [0.1, 0.15) is 42.7 Å². The van der Waals surface area contributed by atoms with E-state index in [1.165, 1.54) is 45.1 Å². The van der Waals surface area contributed by atoms with Gasteiger partial charge in [-0.05, 0) is 64.2 Å². The lowest BCUT2D eigenvalue weighted by Crippen LogP contribution is -1.91. The summed E-state index contributed by atoms with van der Waals surface area (Å²) in [6, 6.07) is 6.85. The average molecular weight is 295 g/mol. The Morgan fingerprint density at radius 3 is 2.75 bits per heavy atom. The molecule has 0 atom stereocenters. The molecular formula is C14H15BrS. The van der Waals surface area contributed by atoms with Gasteiger partial charge >= 0.3 is 0 Å². The van der Waals surface area contributed by atoms with Gasteiger partial charge in [-0.3, -0.25) is 0 Å². The first kappa shape index (κ1) is 10.8. The summed E-state index contributed by atoms with van der Waals surface area (Å²) in [6.07, 6.45) is 5.55. The second-order valence-electron chi connectivity index (χ2n) is 4.77. The summed E-state index contributed by atoms with van der Waals surface area (Å²) in [5.41, 5.74) is 2.94. The second kappa shape index (κ2) is 4.15. The summed E-state index contributed by atoms with van der Waals surface area (Å²) < 4.78 is 2.80. The van der Waals surface area contributed by atoms with Crippen molar-refractivity contribution in [1.29, 1.82) is 0 Å². The van der Waals surface area contributed by atoms with E-state index in [1.54, 1.807) is 5.56 Å². The second-order valence-corrected chi connectivity index (χ2v) is 7.14. The number of hydrogen-bond donors (Lipinski definition) is 0. The first-order valence-electron chi connectivity index (χ1n) is 5.94. The van der Waals surface area contributed by atoms with Crippen molar-refractivity contribution in [2.75, 3.05) is 0 Å². The molecule has 1 aliphatic rings. The zero-order valence-electron chi connectivity index (χ0n) is 9.42. The van der Waals surface area contributed by atoms with Crippen molar-refractivity contribution in [3.05, 3.63) is 33.1 Å². The monoisotopic (exact) mass is 294 g/mol. The predicted molar refractivity (Wildman–Crippen MR) is 75.5 cm³/mol. The molecule has 0 radical (unpaired) electrons. The van der Waals surface area contributed by atoms with Crippen LogP contribution >= 0.6 is 27.3 Å². The van der Waals surface area contributed by atoms with Crippen LogP contribution < -0.4 is 0 Å². The molecule has 1 heterocycles. The Morgan fingerprint density at radius 2 is 2.00 bits per heavy atom. The summed E-state index contributed by atoms with van der Waals surface area (Å²) in [7, 11) is 0. The van der Waals surface area contributed by atoms with E-state index in [-0.39, 0.29) is 0 Å². The molecule has 0 aliphatic heterocycles. The van der Waals surface area contributed by atoms with E-state index in [4.69, 9.17) is 0 Å². The van der Waals surface area contributed by atoms with Gasteiger partial charge in [-0.25, -0.2) is 0 Å². The van der Waals surface area contributed by atoms with Crippen molar-refractivity contribution in [3.63, 3.8) is 0 Å². The molecule has 0 unspecified atom stereocenters. The summed E-state index contributed by atoms with van der Waals surface area (Å²) in [5.74, 6) is 0.797. The van der Waals surface area contributed by atoms with Crippen LogP contribution in [0.3, 0.4) is 0 Å². The normalized spacial score (nSPS) is 17.4. The van der Waals surface area contributed by atoms with Crippen molar-refractivity contribution in [3.8, 4) is 0 Å². The van der Waals surface area contributed by atoms with Crippen LogP contribution in [0.2, 0.25) is 0 Å². The third-order valence-corrected chi connectivity index (χ3v) is 5.47. The minimum absolute atomic E-state index is 0.797. The average Bonchev–Trinajstić information content (AvgIpc) is 2.83. The molecule has 2 aromatic rings. The van der Waals surface area contributed by atoms with Crippen LogP contribution in [-0.4, -0.2) is 0 Å². The zero-order valence-corrected chi connectivity index (χ0v) is 11.8. The first-order chi connectivity index (χ1) is 7.75. The van der Waals surface area contributed by atoms with Gasteiger partial charge in [-0.2, -0.15) is 0 Å². The third-order valence-electron chi connectivity index (χ3n) is 3.60. The van der Waals surface area contributed by atoms with Gasteiger partial charge < -0.3 is 0 Å². The lowest BCUT2D eigenvalue weighted by Gasteiger charge is -2.08. The highest BCUT2D eigenvalue weighted by atomic mass is 79.9. The molecule has 1 saturated carbocycles. The Bertz CT molecular complexity index is 521. The van der Waals surface area contributed by atoms with Gasteiger partial charge in [0.05, 0.1) is 3.79 Å². The molecule has 0 spiro atoms. The third kappa shape index (κ3) is 1.72. The fourth-order valence-electron chi connectivity index (χ4n) is 2.79. The van der Waals surface area contributed by atoms with Crippen molar-refractivity contribution in [2.24, 2.45) is 0 Å². The summed E-state index contributed by atoms with van der Waals surface area (Å²) in [4.78, 5) is 0. The molecular weight excluding hydrogens is 280 g/mol. The minimum atomic E-state index is 0.797. The molecule has 2 heteroatoms. The number of hydrogen-bond acceptors (Lipinski definition) is 1. The fourth-order valence-corrected chi connectivity index (χ4v) is 4.96. The Balaban J connectivity index is 2.18. The van der Waals surface area contributed by atoms with Gasteiger partial charge in [0.2, 0.25) is 0 Å². The summed E-state index contributed by atoms with van der Waals surface area (Å²) >= 11 is 5.66. The van der Waals surface area contributed by atoms with E-state index < -0.39 is 0 Å². The van der Waals surface area contributed by atoms with Crippen molar-refractivity contribution < 1.29 is 0 Å². The minimum Gasteiger partial charge on any atom is -0.128 e. The quantitative estimate of drug-likeness (QED) is 0.639. The van der Waals surface area contributed by atoms with Gasteiger partial charge in [0, 0.05) is 4.70 Å². The topological polar surface area (TPSA) is 0 Å². The number of aryl methyl sites for hydroxylation is 1. The highest BCUT2D eigenvalue weighted by molar-refractivity contribution is 9.11. The molecule has 1 fully saturated rings. The van der Waals surface area contributed by atoms with E-state index in [0.717, 1.165) is 5.92 Å². The lowest BCUT2D eigenvalue weighted by molar-refractivity contribution is 0.729. The highest BCUT2D eigenvalue weighted by Crippen LogP contribution is 2.45. The molecule has 0 N–H and O–H groups in total. The Labute approximate surface area is 109 Å². The first-order valence-corrected chi connectivity index (χ1v) is 7.55. The molecule has 0 amide bonds. The number of rotatable bonds is 1. The van der Waals surface area contributed by atoms with Crippen LogP contribution in [0, 0.1) is 6.92 Å². The van der Waals surface area contributed by atoms with Gasteiger partial charge in [-0.1, -0.05) is 25.0 Å². The van der Waals surface area contributed by atoms with Crippen LogP contribution in [0.4, 0.5) is 0 Å². The molecule has 1 aromatic heterocycles. The maximum atomic E-state index is 3.76. The number of fused-ring (bicyclic) bond motifs is 1.